The third kappa shape index (κ3) is 8.34. The number of hydrogen-bond donors (Lipinski definition) is 4. The van der Waals surface area contributed by atoms with E-state index in [1.165, 1.54) is 11.6 Å². The van der Waals surface area contributed by atoms with Crippen molar-refractivity contribution in [3.8, 4) is 11.5 Å². The summed E-state index contributed by atoms with van der Waals surface area (Å²) in [6.07, 6.45) is 1.20. The molecule has 3 aromatic rings. The lowest BCUT2D eigenvalue weighted by Gasteiger charge is -2.25. The largest absolute Gasteiger partial charge is 0.493 e. The van der Waals surface area contributed by atoms with Gasteiger partial charge in [0.15, 0.2) is 11.5 Å². The average Bonchev–Trinajstić information content (AvgIpc) is 2.94. The Kier molecular flexibility index (Phi) is 10.6. The Balaban J connectivity index is 1.55. The quantitative estimate of drug-likeness (QED) is 0.300. The number of methoxy groups -OCH3 is 1. The van der Waals surface area contributed by atoms with E-state index in [4.69, 9.17) is 21.1 Å². The van der Waals surface area contributed by atoms with Crippen molar-refractivity contribution < 1.29 is 19.4 Å². The van der Waals surface area contributed by atoms with Crippen molar-refractivity contribution in [3.63, 3.8) is 0 Å². The molecule has 2 heterocycles. The van der Waals surface area contributed by atoms with Gasteiger partial charge in [0, 0.05) is 25.2 Å². The van der Waals surface area contributed by atoms with E-state index in [1.54, 1.807) is 13.2 Å². The minimum atomic E-state index is -0.863. The third-order valence-electron chi connectivity index (χ3n) is 6.96. The van der Waals surface area contributed by atoms with Gasteiger partial charge in [0.2, 0.25) is 0 Å². The van der Waals surface area contributed by atoms with Crippen molar-refractivity contribution in [3.05, 3.63) is 82.0 Å². The smallest absolute Gasteiger partial charge is 0.251 e. The number of benzene rings is 2. The van der Waals surface area contributed by atoms with Gasteiger partial charge >= 0.3 is 0 Å². The number of rotatable bonds is 7. The Morgan fingerprint density at radius 2 is 2.02 bits per heavy atom. The van der Waals surface area contributed by atoms with E-state index < -0.39 is 12.1 Å². The molecule has 40 heavy (non-hydrogen) atoms. The highest BCUT2D eigenvalue weighted by Crippen LogP contribution is 2.29. The van der Waals surface area contributed by atoms with Gasteiger partial charge in [-0.1, -0.05) is 55.8 Å². The minimum absolute atomic E-state index is 0.224. The molecule has 2 atom stereocenters. The molecule has 4 rings (SSSR count). The van der Waals surface area contributed by atoms with E-state index in [2.05, 4.69) is 59.0 Å². The molecule has 9 heteroatoms. The average molecular weight is 567 g/mol. The molecule has 1 aliphatic rings. The monoisotopic (exact) mass is 566 g/mol. The highest BCUT2D eigenvalue weighted by molar-refractivity contribution is 6.29. The Hall–Kier alpha value is -3.33. The zero-order valence-electron chi connectivity index (χ0n) is 23.4. The van der Waals surface area contributed by atoms with Gasteiger partial charge in [0.05, 0.1) is 25.9 Å². The van der Waals surface area contributed by atoms with Gasteiger partial charge in [-0.2, -0.15) is 0 Å². The van der Waals surface area contributed by atoms with Crippen LogP contribution in [0.25, 0.3) is 0 Å². The van der Waals surface area contributed by atoms with Crippen LogP contribution in [0.4, 0.5) is 5.82 Å². The summed E-state index contributed by atoms with van der Waals surface area (Å²) in [5, 5.41) is 21.1. The van der Waals surface area contributed by atoms with Gasteiger partial charge in [-0.25, -0.2) is 4.98 Å². The summed E-state index contributed by atoms with van der Waals surface area (Å²) in [4.78, 5) is 17.6. The Morgan fingerprint density at radius 1 is 1.18 bits per heavy atom. The Labute approximate surface area is 241 Å². The van der Waals surface area contributed by atoms with Crippen molar-refractivity contribution in [2.24, 2.45) is 0 Å². The fraction of sp³-hybridized carbons (Fsp3) is 0.419. The van der Waals surface area contributed by atoms with Crippen LogP contribution in [0.15, 0.2) is 54.6 Å². The molecule has 0 fully saturated rings. The van der Waals surface area contributed by atoms with E-state index in [1.807, 2.05) is 18.2 Å². The summed E-state index contributed by atoms with van der Waals surface area (Å²) in [5.41, 5.74) is 3.70. The fourth-order valence-corrected chi connectivity index (χ4v) is 4.87. The number of carbonyl (C=O) groups is 1. The zero-order valence-corrected chi connectivity index (χ0v) is 24.1. The molecule has 0 spiro atoms. The highest BCUT2D eigenvalue weighted by atomic mass is 35.5. The molecule has 0 aliphatic carbocycles. The van der Waals surface area contributed by atoms with Crippen LogP contribution in [0.1, 0.15) is 59.7 Å². The van der Waals surface area contributed by atoms with Crippen molar-refractivity contribution in [2.75, 3.05) is 32.1 Å². The molecular weight excluding hydrogens is 528 g/mol. The van der Waals surface area contributed by atoms with Crippen molar-refractivity contribution in [2.45, 2.75) is 57.7 Å². The van der Waals surface area contributed by atoms with Crippen LogP contribution in [0.5, 0.6) is 11.5 Å². The summed E-state index contributed by atoms with van der Waals surface area (Å²) < 4.78 is 11.5. The predicted molar refractivity (Wildman–Crippen MR) is 159 cm³/mol. The molecule has 1 aromatic heterocycles. The van der Waals surface area contributed by atoms with Gasteiger partial charge in [0.1, 0.15) is 11.0 Å². The molecule has 0 unspecified atom stereocenters. The first-order chi connectivity index (χ1) is 19.3. The minimum Gasteiger partial charge on any atom is -0.493 e. The van der Waals surface area contributed by atoms with Gasteiger partial charge in [-0.15, -0.1) is 0 Å². The lowest BCUT2D eigenvalue weighted by molar-refractivity contribution is 0.0830. The van der Waals surface area contributed by atoms with Crippen molar-refractivity contribution in [1.29, 1.82) is 0 Å². The number of fused-ring (bicyclic) bond motifs is 4. The number of pyridine rings is 1. The second-order valence-corrected chi connectivity index (χ2v) is 10.8. The van der Waals surface area contributed by atoms with Crippen molar-refractivity contribution in [1.82, 2.24) is 15.6 Å². The van der Waals surface area contributed by atoms with E-state index in [9.17, 15) is 9.90 Å². The van der Waals surface area contributed by atoms with Crippen LogP contribution in [0.3, 0.4) is 0 Å². The predicted octanol–water partition coefficient (Wildman–Crippen LogP) is 4.94. The molecule has 2 aromatic carbocycles. The molecule has 4 bridgehead atoms. The number of carbonyl (C=O) groups excluding carboxylic acids is 1. The molecule has 214 valence electrons. The molecule has 0 saturated heterocycles. The number of aromatic nitrogens is 1. The van der Waals surface area contributed by atoms with Crippen LogP contribution in [-0.4, -0.2) is 54.9 Å². The molecule has 1 amide bonds. The second kappa shape index (κ2) is 14.3. The molecule has 1 aliphatic heterocycles. The summed E-state index contributed by atoms with van der Waals surface area (Å²) >= 11 is 6.23. The van der Waals surface area contributed by atoms with Crippen LogP contribution >= 0.6 is 11.6 Å². The number of ether oxygens (including phenoxy) is 2. The van der Waals surface area contributed by atoms with Crippen LogP contribution < -0.4 is 25.4 Å². The number of nitrogens with zero attached hydrogens (tertiary/aromatic N) is 1. The fourth-order valence-electron chi connectivity index (χ4n) is 4.66. The maximum Gasteiger partial charge on any atom is 0.251 e. The summed E-state index contributed by atoms with van der Waals surface area (Å²) in [5.74, 6) is 1.91. The SMILES string of the molecule is COc1ccc2cc1OCCCCNc1cc(cc(Cl)n1)C(=O)N[C@H]([C@H](O)CNCc1cccc(C(C)C)c1)C2. The number of aliphatic hydroxyl groups is 1. The highest BCUT2D eigenvalue weighted by Gasteiger charge is 2.24. The van der Waals surface area contributed by atoms with E-state index in [0.29, 0.717) is 61.5 Å². The van der Waals surface area contributed by atoms with Crippen LogP contribution in [0.2, 0.25) is 5.15 Å². The maximum absolute atomic E-state index is 13.4. The van der Waals surface area contributed by atoms with Gasteiger partial charge in [-0.3, -0.25) is 4.79 Å². The molecule has 4 N–H and O–H groups in total. The first-order valence-electron chi connectivity index (χ1n) is 13.8. The number of halogens is 1. The molecule has 8 nitrogen and oxygen atoms in total. The molecule has 0 saturated carbocycles. The van der Waals surface area contributed by atoms with Crippen LogP contribution in [0, 0.1) is 0 Å². The first kappa shape index (κ1) is 29.6. The lowest BCUT2D eigenvalue weighted by Crippen LogP contribution is -2.48. The van der Waals surface area contributed by atoms with Gasteiger partial charge in [0.25, 0.3) is 5.91 Å². The number of nitrogens with one attached hydrogen (secondary N) is 3. The number of amides is 1. The third-order valence-corrected chi connectivity index (χ3v) is 7.15. The normalized spacial score (nSPS) is 16.9. The number of aliphatic hydroxyl groups excluding tert-OH is 1. The van der Waals surface area contributed by atoms with Crippen LogP contribution in [-0.2, 0) is 13.0 Å². The Morgan fingerprint density at radius 3 is 2.83 bits per heavy atom. The van der Waals surface area contributed by atoms with E-state index >= 15 is 0 Å². The number of hydrogen-bond acceptors (Lipinski definition) is 7. The first-order valence-corrected chi connectivity index (χ1v) is 14.2. The van der Waals surface area contributed by atoms with Gasteiger partial charge < -0.3 is 30.5 Å². The summed E-state index contributed by atoms with van der Waals surface area (Å²) in [6, 6.07) is 16.7. The van der Waals surface area contributed by atoms with Crippen molar-refractivity contribution >= 4 is 23.3 Å². The molecule has 0 radical (unpaired) electrons. The molecular formula is C31H39ClN4O4. The Bertz CT molecular complexity index is 1290. The van der Waals surface area contributed by atoms with E-state index in [-0.39, 0.29) is 11.1 Å². The second-order valence-electron chi connectivity index (χ2n) is 10.4. The topological polar surface area (TPSA) is 105 Å². The maximum atomic E-state index is 13.4. The van der Waals surface area contributed by atoms with Gasteiger partial charge in [-0.05, 0) is 66.1 Å². The standard InChI is InChI=1S/C31H39ClN4O4/c1-20(2)23-8-6-7-22(13-23)18-33-19-26(37)25-14-21-9-10-27(39-3)28(15-21)40-12-5-4-11-34-30-17-24(31(38)35-25)16-29(32)36-30/h6-10,13,15-17,20,25-26,33,37H,4-5,11-12,14,18-19H2,1-3H3,(H,34,36)(H,35,38)/t25-,26+/m0/s1. The summed E-state index contributed by atoms with van der Waals surface area (Å²) in [6.45, 7) is 6.41. The summed E-state index contributed by atoms with van der Waals surface area (Å²) in [7, 11) is 1.61. The number of anilines is 1. The lowest BCUT2D eigenvalue weighted by atomic mass is 9.99. The van der Waals surface area contributed by atoms with E-state index in [0.717, 1.165) is 24.0 Å². The zero-order chi connectivity index (χ0) is 28.5.